The number of hydrogen-bond acceptors (Lipinski definition) is 2. The minimum absolute atomic E-state index is 0.249. The number of thiophene rings is 2. The van der Waals surface area contributed by atoms with Gasteiger partial charge in [0.15, 0.2) is 0 Å². The highest BCUT2D eigenvalue weighted by Gasteiger charge is 2.17. The first-order chi connectivity index (χ1) is 7.49. The highest BCUT2D eigenvalue weighted by molar-refractivity contribution is 9.10. The van der Waals surface area contributed by atoms with E-state index in [1.807, 2.05) is 11.3 Å². The van der Waals surface area contributed by atoms with Gasteiger partial charge in [-0.1, -0.05) is 27.5 Å². The van der Waals surface area contributed by atoms with Gasteiger partial charge in [0.25, 0.3) is 0 Å². The van der Waals surface area contributed by atoms with Crippen LogP contribution in [0.25, 0.3) is 0 Å². The van der Waals surface area contributed by atoms with Crippen LogP contribution in [0.3, 0.4) is 0 Å². The Morgan fingerprint density at radius 3 is 2.25 bits per heavy atom. The Kier molecular flexibility index (Phi) is 4.18. The molecule has 0 N–H and O–H groups in total. The van der Waals surface area contributed by atoms with E-state index in [-0.39, 0.29) is 4.83 Å². The molecule has 0 nitrogen and oxygen atoms in total. The maximum Gasteiger partial charge on any atom is 0.107 e. The second-order valence-electron chi connectivity index (χ2n) is 3.52. The van der Waals surface area contributed by atoms with Crippen LogP contribution in [0.5, 0.6) is 0 Å². The van der Waals surface area contributed by atoms with Gasteiger partial charge >= 0.3 is 0 Å². The van der Waals surface area contributed by atoms with Crippen molar-refractivity contribution in [2.45, 2.75) is 18.7 Å². The summed E-state index contributed by atoms with van der Waals surface area (Å²) in [4.78, 5) is 4.19. The zero-order valence-corrected chi connectivity index (χ0v) is 14.2. The molecule has 2 rings (SSSR count). The van der Waals surface area contributed by atoms with Crippen LogP contribution in [0.2, 0.25) is 4.34 Å². The molecule has 1 unspecified atom stereocenters. The van der Waals surface area contributed by atoms with Crippen molar-refractivity contribution in [2.75, 3.05) is 0 Å². The van der Waals surface area contributed by atoms with E-state index in [1.54, 1.807) is 11.3 Å². The van der Waals surface area contributed by atoms with E-state index in [9.17, 15) is 0 Å². The third-order valence-corrected chi connectivity index (χ3v) is 7.70. The molecule has 0 radical (unpaired) electrons. The Labute approximate surface area is 125 Å². The molecule has 0 saturated heterocycles. The number of aryl methyl sites for hydroxylation is 2. The highest BCUT2D eigenvalue weighted by Crippen LogP contribution is 2.43. The van der Waals surface area contributed by atoms with E-state index >= 15 is 0 Å². The van der Waals surface area contributed by atoms with Gasteiger partial charge in [-0.2, -0.15) is 0 Å². The van der Waals surface area contributed by atoms with Crippen molar-refractivity contribution >= 4 is 66.1 Å². The van der Waals surface area contributed by atoms with Crippen LogP contribution < -0.4 is 0 Å². The monoisotopic (exact) mass is 398 g/mol. The third-order valence-electron chi connectivity index (χ3n) is 2.35. The van der Waals surface area contributed by atoms with Gasteiger partial charge in [0.1, 0.15) is 4.34 Å². The second kappa shape index (κ2) is 5.11. The number of rotatable bonds is 2. The lowest BCUT2D eigenvalue weighted by atomic mass is 10.2. The molecule has 0 fully saturated rings. The molecule has 5 heteroatoms. The van der Waals surface area contributed by atoms with Crippen molar-refractivity contribution in [3.8, 4) is 0 Å². The van der Waals surface area contributed by atoms with E-state index in [2.05, 4.69) is 57.8 Å². The summed E-state index contributed by atoms with van der Waals surface area (Å²) in [5.41, 5.74) is 1.35. The topological polar surface area (TPSA) is 0 Å². The van der Waals surface area contributed by atoms with Crippen molar-refractivity contribution in [3.05, 3.63) is 41.1 Å². The van der Waals surface area contributed by atoms with Crippen LogP contribution in [-0.4, -0.2) is 0 Å². The Balaban J connectivity index is 2.34. The Hall–Kier alpha value is 0.650. The first-order valence-electron chi connectivity index (χ1n) is 4.64. The predicted molar refractivity (Wildman–Crippen MR) is 81.6 cm³/mol. The molecule has 0 spiro atoms. The van der Waals surface area contributed by atoms with Gasteiger partial charge < -0.3 is 0 Å². The molecule has 0 aliphatic carbocycles. The summed E-state index contributed by atoms with van der Waals surface area (Å²) in [5.74, 6) is 0. The lowest BCUT2D eigenvalue weighted by Crippen LogP contribution is -1.83. The molecule has 0 amide bonds. The van der Waals surface area contributed by atoms with Gasteiger partial charge in [-0.3, -0.25) is 0 Å². The SMILES string of the molecule is Cc1cc(C(Br)c2cc(Br)c(Cl)s2)sc1C. The highest BCUT2D eigenvalue weighted by atomic mass is 79.9. The molecular weight excluding hydrogens is 392 g/mol. The maximum absolute atomic E-state index is 6.05. The summed E-state index contributed by atoms with van der Waals surface area (Å²) < 4.78 is 1.79. The lowest BCUT2D eigenvalue weighted by molar-refractivity contribution is 1.27. The van der Waals surface area contributed by atoms with E-state index < -0.39 is 0 Å². The molecule has 1 atom stereocenters. The molecule has 16 heavy (non-hydrogen) atoms. The van der Waals surface area contributed by atoms with Crippen LogP contribution in [0.1, 0.15) is 25.0 Å². The zero-order chi connectivity index (χ0) is 11.9. The Bertz CT molecular complexity index is 431. The van der Waals surface area contributed by atoms with Crippen LogP contribution in [0.4, 0.5) is 0 Å². The van der Waals surface area contributed by atoms with Gasteiger partial charge in [-0.25, -0.2) is 0 Å². The Morgan fingerprint density at radius 1 is 1.19 bits per heavy atom. The quantitative estimate of drug-likeness (QED) is 0.517. The van der Waals surface area contributed by atoms with Crippen LogP contribution in [0, 0.1) is 13.8 Å². The smallest absolute Gasteiger partial charge is 0.107 e. The predicted octanol–water partition coefficient (Wildman–Crippen LogP) is 6.33. The van der Waals surface area contributed by atoms with Crippen molar-refractivity contribution in [1.82, 2.24) is 0 Å². The summed E-state index contributed by atoms with van der Waals surface area (Å²) in [6.45, 7) is 4.30. The summed E-state index contributed by atoms with van der Waals surface area (Å²) >= 11 is 16.7. The van der Waals surface area contributed by atoms with Crippen LogP contribution >= 0.6 is 66.1 Å². The van der Waals surface area contributed by atoms with E-state index in [0.717, 1.165) is 8.81 Å². The fourth-order valence-electron chi connectivity index (χ4n) is 1.36. The number of alkyl halides is 1. The largest absolute Gasteiger partial charge is 0.144 e. The van der Waals surface area contributed by atoms with Crippen LogP contribution in [-0.2, 0) is 0 Å². The molecular formula is C11H9Br2ClS2. The van der Waals surface area contributed by atoms with E-state index in [0.29, 0.717) is 0 Å². The first-order valence-corrected chi connectivity index (χ1v) is 8.36. The standard InChI is InChI=1S/C11H9Br2ClS2/c1-5-3-8(15-6(5)2)10(13)9-4-7(12)11(14)16-9/h3-4,10H,1-2H3. The normalized spacial score (nSPS) is 13.1. The molecule has 2 heterocycles. The minimum atomic E-state index is 0.249. The van der Waals surface area contributed by atoms with Gasteiger partial charge in [0.05, 0.1) is 4.83 Å². The molecule has 0 aromatic carbocycles. The average molecular weight is 401 g/mol. The second-order valence-corrected chi connectivity index (χ2v) is 8.26. The van der Waals surface area contributed by atoms with Crippen molar-refractivity contribution in [2.24, 2.45) is 0 Å². The lowest BCUT2D eigenvalue weighted by Gasteiger charge is -2.03. The molecule has 2 aromatic rings. The molecule has 0 aliphatic heterocycles. The molecule has 0 aliphatic rings. The molecule has 2 aromatic heterocycles. The maximum atomic E-state index is 6.05. The number of hydrogen-bond donors (Lipinski definition) is 0. The molecule has 0 bridgehead atoms. The zero-order valence-electron chi connectivity index (χ0n) is 8.68. The summed E-state index contributed by atoms with van der Waals surface area (Å²) in [7, 11) is 0. The van der Waals surface area contributed by atoms with Gasteiger partial charge in [-0.15, -0.1) is 22.7 Å². The fraction of sp³-hybridized carbons (Fsp3) is 0.273. The van der Waals surface area contributed by atoms with Crippen molar-refractivity contribution in [3.63, 3.8) is 0 Å². The van der Waals surface area contributed by atoms with Gasteiger partial charge in [-0.05, 0) is 47.5 Å². The van der Waals surface area contributed by atoms with Crippen LogP contribution in [0.15, 0.2) is 16.6 Å². The molecule has 0 saturated carbocycles. The number of halogens is 3. The Morgan fingerprint density at radius 2 is 1.81 bits per heavy atom. The average Bonchev–Trinajstić information content (AvgIpc) is 2.72. The van der Waals surface area contributed by atoms with Gasteiger partial charge in [0, 0.05) is 19.1 Å². The van der Waals surface area contributed by atoms with E-state index in [1.165, 1.54) is 20.2 Å². The van der Waals surface area contributed by atoms with Gasteiger partial charge in [0.2, 0.25) is 0 Å². The van der Waals surface area contributed by atoms with Crippen molar-refractivity contribution < 1.29 is 0 Å². The van der Waals surface area contributed by atoms with Crippen molar-refractivity contribution in [1.29, 1.82) is 0 Å². The summed E-state index contributed by atoms with van der Waals surface area (Å²) in [6.07, 6.45) is 0. The summed E-state index contributed by atoms with van der Waals surface area (Å²) in [5, 5.41) is 0. The fourth-order valence-corrected chi connectivity index (χ4v) is 5.03. The third kappa shape index (κ3) is 2.56. The minimum Gasteiger partial charge on any atom is -0.144 e. The summed E-state index contributed by atoms with van der Waals surface area (Å²) in [6, 6.07) is 4.32. The van der Waals surface area contributed by atoms with E-state index in [4.69, 9.17) is 11.6 Å². The first kappa shape index (κ1) is 13.1. The molecule has 86 valence electrons.